The van der Waals surface area contributed by atoms with E-state index < -0.39 is 0 Å². The molecule has 1 N–H and O–H groups in total. The quantitative estimate of drug-likeness (QED) is 0.750. The van der Waals surface area contributed by atoms with Crippen LogP contribution in [-0.2, 0) is 17.8 Å². The third-order valence-corrected chi connectivity index (χ3v) is 4.07. The molecule has 0 bridgehead atoms. The molecule has 0 aromatic carbocycles. The van der Waals surface area contributed by atoms with Crippen molar-refractivity contribution >= 4 is 28.9 Å². The third kappa shape index (κ3) is 4.51. The minimum absolute atomic E-state index is 0.749. The fourth-order valence-electron chi connectivity index (χ4n) is 1.95. The van der Waals surface area contributed by atoms with Crippen molar-refractivity contribution in [2.24, 2.45) is 0 Å². The molecule has 0 amide bonds. The van der Waals surface area contributed by atoms with Gasteiger partial charge in [-0.2, -0.15) is 0 Å². The predicted molar refractivity (Wildman–Crippen MR) is 84.7 cm³/mol. The summed E-state index contributed by atoms with van der Waals surface area (Å²) in [5, 5.41) is 3.37. The Kier molecular flexibility index (Phi) is 5.88. The van der Waals surface area contributed by atoms with E-state index in [-0.39, 0.29) is 0 Å². The summed E-state index contributed by atoms with van der Waals surface area (Å²) in [7, 11) is 0. The van der Waals surface area contributed by atoms with Crippen LogP contribution in [0.5, 0.6) is 0 Å². The van der Waals surface area contributed by atoms with Crippen LogP contribution in [0.4, 0.5) is 5.95 Å². The number of hydrogen-bond acceptors (Lipinski definition) is 4. The van der Waals surface area contributed by atoms with Crippen LogP contribution in [0.1, 0.15) is 23.9 Å². The molecule has 6 heteroatoms. The second-order valence-electron chi connectivity index (χ2n) is 4.51. The lowest BCUT2D eigenvalue weighted by Crippen LogP contribution is -2.08. The van der Waals surface area contributed by atoms with Gasteiger partial charge >= 0.3 is 0 Å². The molecule has 0 aliphatic heterocycles. The number of anilines is 1. The number of aryl methyl sites for hydroxylation is 2. The van der Waals surface area contributed by atoms with Crippen LogP contribution in [0.15, 0.2) is 18.3 Å². The van der Waals surface area contributed by atoms with Crippen molar-refractivity contribution in [2.75, 3.05) is 18.5 Å². The molecule has 2 aromatic heterocycles. The Bertz CT molecular complexity index is 538. The minimum Gasteiger partial charge on any atom is -0.382 e. The highest BCUT2D eigenvalue weighted by molar-refractivity contribution is 7.16. The van der Waals surface area contributed by atoms with Crippen LogP contribution >= 0.6 is 22.9 Å². The Hall–Kier alpha value is -1.04. The standard InChI is InChI=1S/C14H20ClN3OS/c1-3-19-8-4-7-18-10-11(2)17-14(18)16-9-12-5-6-13(15)20-12/h5-6,10H,3-4,7-9H2,1-2H3,(H,16,17). The van der Waals surface area contributed by atoms with Gasteiger partial charge in [-0.15, -0.1) is 11.3 Å². The van der Waals surface area contributed by atoms with Gasteiger partial charge in [-0.05, 0) is 32.4 Å². The van der Waals surface area contributed by atoms with Gasteiger partial charge in [0, 0.05) is 30.8 Å². The summed E-state index contributed by atoms with van der Waals surface area (Å²) < 4.78 is 8.33. The lowest BCUT2D eigenvalue weighted by molar-refractivity contribution is 0.142. The summed E-state index contributed by atoms with van der Waals surface area (Å²) in [4.78, 5) is 5.72. The van der Waals surface area contributed by atoms with E-state index in [9.17, 15) is 0 Å². The molecule has 2 heterocycles. The number of rotatable bonds is 8. The number of aromatic nitrogens is 2. The highest BCUT2D eigenvalue weighted by Gasteiger charge is 2.06. The molecule has 110 valence electrons. The van der Waals surface area contributed by atoms with E-state index in [1.807, 2.05) is 26.0 Å². The summed E-state index contributed by atoms with van der Waals surface area (Å²) in [5.74, 6) is 0.906. The second-order valence-corrected chi connectivity index (χ2v) is 6.31. The van der Waals surface area contributed by atoms with Crippen molar-refractivity contribution in [3.8, 4) is 0 Å². The van der Waals surface area contributed by atoms with Crippen LogP contribution in [0.3, 0.4) is 0 Å². The molecule has 4 nitrogen and oxygen atoms in total. The van der Waals surface area contributed by atoms with Gasteiger partial charge in [-0.1, -0.05) is 11.6 Å². The highest BCUT2D eigenvalue weighted by atomic mass is 35.5. The van der Waals surface area contributed by atoms with Crippen molar-refractivity contribution in [2.45, 2.75) is 33.4 Å². The van der Waals surface area contributed by atoms with Crippen LogP contribution in [0.25, 0.3) is 0 Å². The van der Waals surface area contributed by atoms with Gasteiger partial charge in [0.05, 0.1) is 16.6 Å². The Morgan fingerprint density at radius 2 is 2.30 bits per heavy atom. The number of nitrogens with one attached hydrogen (secondary N) is 1. The summed E-state index contributed by atoms with van der Waals surface area (Å²) in [6.07, 6.45) is 3.05. The summed E-state index contributed by atoms with van der Waals surface area (Å²) in [5.41, 5.74) is 1.02. The smallest absolute Gasteiger partial charge is 0.203 e. The number of nitrogens with zero attached hydrogens (tertiary/aromatic N) is 2. The van der Waals surface area contributed by atoms with Crippen molar-refractivity contribution in [3.05, 3.63) is 33.2 Å². The van der Waals surface area contributed by atoms with Crippen LogP contribution < -0.4 is 5.32 Å². The molecule has 0 saturated heterocycles. The monoisotopic (exact) mass is 313 g/mol. The van der Waals surface area contributed by atoms with Crippen molar-refractivity contribution in [3.63, 3.8) is 0 Å². The molecule has 0 unspecified atom stereocenters. The van der Waals surface area contributed by atoms with Crippen molar-refractivity contribution in [1.29, 1.82) is 0 Å². The van der Waals surface area contributed by atoms with E-state index in [1.54, 1.807) is 11.3 Å². The average Bonchev–Trinajstić information content (AvgIpc) is 2.98. The Morgan fingerprint density at radius 3 is 3.00 bits per heavy atom. The van der Waals surface area contributed by atoms with E-state index >= 15 is 0 Å². The zero-order chi connectivity index (χ0) is 14.4. The van der Waals surface area contributed by atoms with Crippen LogP contribution in [0.2, 0.25) is 4.34 Å². The normalized spacial score (nSPS) is 10.9. The average molecular weight is 314 g/mol. The van der Waals surface area contributed by atoms with Gasteiger partial charge < -0.3 is 14.6 Å². The molecule has 0 fully saturated rings. The summed E-state index contributed by atoms with van der Waals surface area (Å²) in [6.45, 7) is 7.24. The van der Waals surface area contributed by atoms with Crippen LogP contribution in [-0.4, -0.2) is 22.8 Å². The van der Waals surface area contributed by atoms with E-state index in [0.29, 0.717) is 0 Å². The maximum absolute atomic E-state index is 5.93. The Balaban J connectivity index is 1.89. The summed E-state index contributed by atoms with van der Waals surface area (Å²) in [6, 6.07) is 3.96. The first kappa shape index (κ1) is 15.4. The minimum atomic E-state index is 0.749. The molecule has 0 saturated carbocycles. The number of halogens is 1. The number of thiophene rings is 1. The van der Waals surface area contributed by atoms with Gasteiger partial charge in [0.25, 0.3) is 0 Å². The first-order chi connectivity index (χ1) is 9.69. The van der Waals surface area contributed by atoms with Gasteiger partial charge in [-0.25, -0.2) is 4.98 Å². The number of hydrogen-bond donors (Lipinski definition) is 1. The lowest BCUT2D eigenvalue weighted by atomic mass is 10.4. The number of imidazole rings is 1. The van der Waals surface area contributed by atoms with Gasteiger partial charge in [0.1, 0.15) is 0 Å². The molecule has 0 aliphatic carbocycles. The number of ether oxygens (including phenoxy) is 1. The van der Waals surface area contributed by atoms with E-state index in [0.717, 1.165) is 48.7 Å². The topological polar surface area (TPSA) is 39.1 Å². The molecular weight excluding hydrogens is 294 g/mol. The third-order valence-electron chi connectivity index (χ3n) is 2.84. The molecule has 0 aliphatic rings. The molecule has 0 atom stereocenters. The fraction of sp³-hybridized carbons (Fsp3) is 0.500. The van der Waals surface area contributed by atoms with Crippen molar-refractivity contribution in [1.82, 2.24) is 9.55 Å². The molecule has 2 rings (SSSR count). The zero-order valence-corrected chi connectivity index (χ0v) is 13.4. The largest absolute Gasteiger partial charge is 0.382 e. The van der Waals surface area contributed by atoms with Crippen LogP contribution in [0, 0.1) is 6.92 Å². The SMILES string of the molecule is CCOCCCn1cc(C)nc1NCc1ccc(Cl)s1. The molecule has 0 spiro atoms. The van der Waals surface area contributed by atoms with E-state index in [2.05, 4.69) is 21.1 Å². The van der Waals surface area contributed by atoms with Gasteiger partial charge in [0.15, 0.2) is 0 Å². The Morgan fingerprint density at radius 1 is 1.45 bits per heavy atom. The molecular formula is C14H20ClN3OS. The molecule has 20 heavy (non-hydrogen) atoms. The lowest BCUT2D eigenvalue weighted by Gasteiger charge is -2.09. The first-order valence-electron chi connectivity index (χ1n) is 6.78. The van der Waals surface area contributed by atoms with Crippen molar-refractivity contribution < 1.29 is 4.74 Å². The van der Waals surface area contributed by atoms with Gasteiger partial charge in [0.2, 0.25) is 5.95 Å². The summed E-state index contributed by atoms with van der Waals surface area (Å²) >= 11 is 7.52. The van der Waals surface area contributed by atoms with Gasteiger partial charge in [-0.3, -0.25) is 0 Å². The predicted octanol–water partition coefficient (Wildman–Crippen LogP) is 3.95. The second kappa shape index (κ2) is 7.67. The maximum Gasteiger partial charge on any atom is 0.203 e. The maximum atomic E-state index is 5.93. The first-order valence-corrected chi connectivity index (χ1v) is 7.98. The zero-order valence-electron chi connectivity index (χ0n) is 11.9. The fourth-order valence-corrected chi connectivity index (χ4v) is 2.98. The van der Waals surface area contributed by atoms with E-state index in [1.165, 1.54) is 4.88 Å². The van der Waals surface area contributed by atoms with E-state index in [4.69, 9.17) is 16.3 Å². The molecule has 0 radical (unpaired) electrons. The highest BCUT2D eigenvalue weighted by Crippen LogP contribution is 2.22. The molecule has 2 aromatic rings. The Labute approximate surface area is 128 Å².